The number of aromatic nitrogens is 2. The summed E-state index contributed by atoms with van der Waals surface area (Å²) < 4.78 is 6.71. The summed E-state index contributed by atoms with van der Waals surface area (Å²) in [5.74, 6) is 0.353. The zero-order valence-electron chi connectivity index (χ0n) is 12.9. The molecular weight excluding hydrogens is 347 g/mol. The largest absolute Gasteiger partial charge is 0.465 e. The molecule has 0 amide bonds. The van der Waals surface area contributed by atoms with Crippen molar-refractivity contribution >= 4 is 29.2 Å². The molecule has 0 N–H and O–H groups in total. The number of methoxy groups -OCH3 is 1. The van der Waals surface area contributed by atoms with Crippen LogP contribution in [0.1, 0.15) is 15.9 Å². The van der Waals surface area contributed by atoms with E-state index in [1.165, 1.54) is 7.11 Å². The van der Waals surface area contributed by atoms with Crippen LogP contribution < -0.4 is 0 Å². The van der Waals surface area contributed by atoms with E-state index in [0.29, 0.717) is 28.0 Å². The van der Waals surface area contributed by atoms with Gasteiger partial charge in [0.1, 0.15) is 5.82 Å². The second-order valence-electron chi connectivity index (χ2n) is 5.19. The Bertz CT molecular complexity index is 890. The van der Waals surface area contributed by atoms with Crippen LogP contribution in [0.5, 0.6) is 0 Å². The molecule has 1 aromatic heterocycles. The van der Waals surface area contributed by atoms with Crippen molar-refractivity contribution in [1.82, 2.24) is 9.55 Å². The first kappa shape index (κ1) is 16.6. The zero-order valence-corrected chi connectivity index (χ0v) is 14.4. The molecule has 4 nitrogen and oxygen atoms in total. The molecule has 122 valence electrons. The monoisotopic (exact) mass is 360 g/mol. The molecule has 0 atom stereocenters. The normalized spacial score (nSPS) is 10.6. The van der Waals surface area contributed by atoms with E-state index in [0.717, 1.165) is 11.1 Å². The summed E-state index contributed by atoms with van der Waals surface area (Å²) in [6, 6.07) is 12.6. The number of hydrogen-bond donors (Lipinski definition) is 0. The highest BCUT2D eigenvalue weighted by Gasteiger charge is 2.12. The standard InChI is InChI=1S/C18H14Cl2N2O2/c1-24-18(23)13-4-2-3-12(9-13)11-22-8-7-21-17(22)15-10-14(19)5-6-16(15)20/h2-10H,11H2,1H3. The van der Waals surface area contributed by atoms with Gasteiger partial charge in [0.15, 0.2) is 0 Å². The van der Waals surface area contributed by atoms with Gasteiger partial charge in [0.05, 0.1) is 17.7 Å². The van der Waals surface area contributed by atoms with Crippen LogP contribution in [0.25, 0.3) is 11.4 Å². The van der Waals surface area contributed by atoms with Gasteiger partial charge in [-0.3, -0.25) is 0 Å². The molecule has 24 heavy (non-hydrogen) atoms. The topological polar surface area (TPSA) is 44.1 Å². The zero-order chi connectivity index (χ0) is 17.1. The molecule has 0 unspecified atom stereocenters. The van der Waals surface area contributed by atoms with Gasteiger partial charge in [0.2, 0.25) is 0 Å². The lowest BCUT2D eigenvalue weighted by molar-refractivity contribution is 0.0600. The van der Waals surface area contributed by atoms with E-state index in [9.17, 15) is 4.79 Å². The molecule has 0 radical (unpaired) electrons. The van der Waals surface area contributed by atoms with E-state index >= 15 is 0 Å². The summed E-state index contributed by atoms with van der Waals surface area (Å²) in [7, 11) is 1.37. The fraction of sp³-hybridized carbons (Fsp3) is 0.111. The van der Waals surface area contributed by atoms with Crippen LogP contribution in [0.15, 0.2) is 54.9 Å². The van der Waals surface area contributed by atoms with E-state index in [-0.39, 0.29) is 5.97 Å². The Kier molecular flexibility index (Phi) is 4.88. The lowest BCUT2D eigenvalue weighted by Gasteiger charge is -2.10. The summed E-state index contributed by atoms with van der Waals surface area (Å²) in [6.07, 6.45) is 3.56. The number of rotatable bonds is 4. The third-order valence-electron chi connectivity index (χ3n) is 3.59. The molecule has 0 bridgehead atoms. The first-order valence-electron chi connectivity index (χ1n) is 7.22. The lowest BCUT2D eigenvalue weighted by Crippen LogP contribution is -2.05. The van der Waals surface area contributed by atoms with Crippen LogP contribution in [0.2, 0.25) is 10.0 Å². The third kappa shape index (κ3) is 3.45. The van der Waals surface area contributed by atoms with Crippen LogP contribution in [-0.2, 0) is 11.3 Å². The van der Waals surface area contributed by atoms with E-state index < -0.39 is 0 Å². The Hall–Kier alpha value is -2.30. The fourth-order valence-electron chi connectivity index (χ4n) is 2.46. The third-order valence-corrected chi connectivity index (χ3v) is 4.15. The number of esters is 1. The predicted octanol–water partition coefficient (Wildman–Crippen LogP) is 4.69. The van der Waals surface area contributed by atoms with Crippen molar-refractivity contribution in [3.05, 3.63) is 76.0 Å². The van der Waals surface area contributed by atoms with Crippen molar-refractivity contribution in [2.75, 3.05) is 7.11 Å². The SMILES string of the molecule is COC(=O)c1cccc(Cn2ccnc2-c2cc(Cl)ccc2Cl)c1. The van der Waals surface area contributed by atoms with E-state index in [1.54, 1.807) is 36.5 Å². The number of halogens is 2. The summed E-state index contributed by atoms with van der Waals surface area (Å²) in [4.78, 5) is 16.1. The van der Waals surface area contributed by atoms with Gasteiger partial charge in [0.25, 0.3) is 0 Å². The Morgan fingerprint density at radius 1 is 1.21 bits per heavy atom. The number of carbonyl (C=O) groups excluding carboxylic acids is 1. The Labute approximate surface area is 149 Å². The fourth-order valence-corrected chi connectivity index (χ4v) is 2.84. The summed E-state index contributed by atoms with van der Waals surface area (Å²) in [5.41, 5.74) is 2.23. The first-order valence-corrected chi connectivity index (χ1v) is 7.98. The van der Waals surface area contributed by atoms with Gasteiger partial charge < -0.3 is 9.30 Å². The van der Waals surface area contributed by atoms with E-state index in [2.05, 4.69) is 4.98 Å². The van der Waals surface area contributed by atoms with E-state index in [4.69, 9.17) is 27.9 Å². The van der Waals surface area contributed by atoms with Crippen LogP contribution in [0, 0.1) is 0 Å². The van der Waals surface area contributed by atoms with Gasteiger partial charge in [-0.15, -0.1) is 0 Å². The van der Waals surface area contributed by atoms with Crippen molar-refractivity contribution in [3.8, 4) is 11.4 Å². The minimum Gasteiger partial charge on any atom is -0.465 e. The van der Waals surface area contributed by atoms with Gasteiger partial charge in [-0.05, 0) is 35.9 Å². The maximum absolute atomic E-state index is 11.7. The average molecular weight is 361 g/mol. The number of imidazole rings is 1. The van der Waals surface area contributed by atoms with Crippen molar-refractivity contribution in [2.24, 2.45) is 0 Å². The molecule has 0 saturated heterocycles. The van der Waals surface area contributed by atoms with Gasteiger partial charge in [0, 0.05) is 29.5 Å². The highest BCUT2D eigenvalue weighted by molar-refractivity contribution is 6.35. The molecule has 0 fully saturated rings. The highest BCUT2D eigenvalue weighted by Crippen LogP contribution is 2.29. The maximum atomic E-state index is 11.7. The minimum absolute atomic E-state index is 0.361. The quantitative estimate of drug-likeness (QED) is 0.633. The van der Waals surface area contributed by atoms with E-state index in [1.807, 2.05) is 22.9 Å². The molecule has 0 aliphatic carbocycles. The van der Waals surface area contributed by atoms with Gasteiger partial charge in [-0.2, -0.15) is 0 Å². The summed E-state index contributed by atoms with van der Waals surface area (Å²) >= 11 is 12.3. The van der Waals surface area contributed by atoms with Gasteiger partial charge in [-0.25, -0.2) is 9.78 Å². The van der Waals surface area contributed by atoms with Crippen molar-refractivity contribution in [1.29, 1.82) is 0 Å². The molecule has 6 heteroatoms. The highest BCUT2D eigenvalue weighted by atomic mass is 35.5. The van der Waals surface area contributed by atoms with Crippen LogP contribution in [0.4, 0.5) is 0 Å². The maximum Gasteiger partial charge on any atom is 0.337 e. The first-order chi connectivity index (χ1) is 11.6. The molecule has 0 spiro atoms. The van der Waals surface area contributed by atoms with Gasteiger partial charge >= 0.3 is 5.97 Å². The average Bonchev–Trinajstić information content (AvgIpc) is 3.04. The number of nitrogens with zero attached hydrogens (tertiary/aromatic N) is 2. The second kappa shape index (κ2) is 7.07. The molecular formula is C18H14Cl2N2O2. The molecule has 3 rings (SSSR count). The Balaban J connectivity index is 1.94. The van der Waals surface area contributed by atoms with Crippen molar-refractivity contribution in [3.63, 3.8) is 0 Å². The second-order valence-corrected chi connectivity index (χ2v) is 6.04. The number of benzene rings is 2. The minimum atomic E-state index is -0.361. The number of hydrogen-bond acceptors (Lipinski definition) is 3. The summed E-state index contributed by atoms with van der Waals surface area (Å²) in [5, 5.41) is 1.17. The van der Waals surface area contributed by atoms with Crippen LogP contribution in [-0.4, -0.2) is 22.6 Å². The molecule has 0 saturated carbocycles. The number of ether oxygens (including phenoxy) is 1. The molecule has 1 heterocycles. The smallest absolute Gasteiger partial charge is 0.337 e. The van der Waals surface area contributed by atoms with Crippen molar-refractivity contribution < 1.29 is 9.53 Å². The van der Waals surface area contributed by atoms with Crippen LogP contribution in [0.3, 0.4) is 0 Å². The lowest BCUT2D eigenvalue weighted by atomic mass is 10.1. The van der Waals surface area contributed by atoms with Crippen LogP contribution >= 0.6 is 23.2 Å². The predicted molar refractivity (Wildman–Crippen MR) is 94.6 cm³/mol. The Morgan fingerprint density at radius 3 is 2.83 bits per heavy atom. The molecule has 2 aromatic carbocycles. The van der Waals surface area contributed by atoms with Gasteiger partial charge in [-0.1, -0.05) is 35.3 Å². The molecule has 0 aliphatic rings. The Morgan fingerprint density at radius 2 is 2.04 bits per heavy atom. The van der Waals surface area contributed by atoms with Crippen molar-refractivity contribution in [2.45, 2.75) is 6.54 Å². The molecule has 0 aliphatic heterocycles. The molecule has 3 aromatic rings. The number of carbonyl (C=O) groups is 1. The summed E-state index contributed by atoms with van der Waals surface area (Å²) in [6.45, 7) is 0.545.